The van der Waals surface area contributed by atoms with Crippen LogP contribution in [0.25, 0.3) is 0 Å². The van der Waals surface area contributed by atoms with Crippen molar-refractivity contribution in [3.05, 3.63) is 0 Å². The third kappa shape index (κ3) is 28.5. The zero-order valence-corrected chi connectivity index (χ0v) is 66.9. The average molecular weight is 1450 g/mol. The van der Waals surface area contributed by atoms with E-state index in [0.717, 1.165) is 11.3 Å². The van der Waals surface area contributed by atoms with Gasteiger partial charge in [-0.3, -0.25) is 62.3 Å². The molecule has 1 aliphatic heterocycles. The Kier molecular flexibility index (Phi) is 39.2. The summed E-state index contributed by atoms with van der Waals surface area (Å²) in [6.07, 6.45) is 1.89. The molecular weight excluding hydrogens is 1320 g/mol. The van der Waals surface area contributed by atoms with Crippen LogP contribution in [0.3, 0.4) is 0 Å². The second-order valence-corrected chi connectivity index (χ2v) is 32.9. The molecule has 1 aliphatic rings. The number of nitrogens with zero attached hydrogens (tertiary/aromatic N) is 7. The summed E-state index contributed by atoms with van der Waals surface area (Å²) >= 11 is 1.23. The number of hydrogen-bond donors (Lipinski definition) is 7. The summed E-state index contributed by atoms with van der Waals surface area (Å²) in [6.45, 7) is 33.4. The number of carboxylic acids is 1. The lowest BCUT2D eigenvalue weighted by atomic mass is 9.90. The molecule has 1 rings (SSSR count). The lowest BCUT2D eigenvalue weighted by Gasteiger charge is -2.42. The molecule has 0 spiro atoms. The van der Waals surface area contributed by atoms with Crippen LogP contribution in [0.15, 0.2) is 0 Å². The highest BCUT2D eigenvalue weighted by Crippen LogP contribution is 2.32. The number of hydrogen-bond acceptors (Lipinski definition) is 15. The van der Waals surface area contributed by atoms with E-state index >= 15 is 33.6 Å². The van der Waals surface area contributed by atoms with Crippen molar-refractivity contribution in [1.82, 2.24) is 60.9 Å². The molecule has 0 aromatic heterocycles. The third-order valence-electron chi connectivity index (χ3n) is 19.2. The first-order valence-electron chi connectivity index (χ1n) is 36.5. The van der Waals surface area contributed by atoms with E-state index in [-0.39, 0.29) is 80.3 Å². The predicted molar refractivity (Wildman–Crippen MR) is 393 cm³/mol. The van der Waals surface area contributed by atoms with Crippen LogP contribution >= 0.6 is 11.8 Å². The van der Waals surface area contributed by atoms with Crippen molar-refractivity contribution in [2.45, 2.75) is 286 Å². The van der Waals surface area contributed by atoms with Crippen LogP contribution in [0.1, 0.15) is 209 Å². The summed E-state index contributed by atoms with van der Waals surface area (Å²) in [4.78, 5) is 197. The first-order chi connectivity index (χ1) is 46.6. The zero-order valence-electron chi connectivity index (χ0n) is 66.1. The molecule has 580 valence electrons. The molecule has 0 radical (unpaired) electrons. The van der Waals surface area contributed by atoms with Gasteiger partial charge >= 0.3 is 5.97 Å². The van der Waals surface area contributed by atoms with Gasteiger partial charge in [-0.1, -0.05) is 130 Å². The van der Waals surface area contributed by atoms with Crippen molar-refractivity contribution in [3.8, 4) is 0 Å². The van der Waals surface area contributed by atoms with Gasteiger partial charge in [0.05, 0.1) is 6.10 Å². The number of rotatable bonds is 26. The summed E-state index contributed by atoms with van der Waals surface area (Å²) in [7, 11) is 9.86. The van der Waals surface area contributed by atoms with Crippen molar-refractivity contribution >= 4 is 88.6 Å². The summed E-state index contributed by atoms with van der Waals surface area (Å²) < 4.78 is -0.780. The van der Waals surface area contributed by atoms with Gasteiger partial charge in [0, 0.05) is 79.7 Å². The van der Waals surface area contributed by atoms with Crippen LogP contribution in [0, 0.1) is 41.4 Å². The molecule has 0 aliphatic carbocycles. The summed E-state index contributed by atoms with van der Waals surface area (Å²) in [5.41, 5.74) is 0. The Labute approximate surface area is 608 Å². The van der Waals surface area contributed by atoms with Gasteiger partial charge in [-0.2, -0.15) is 11.8 Å². The number of carbonyl (C=O) groups excluding carboxylic acids is 12. The number of amides is 12. The van der Waals surface area contributed by atoms with Gasteiger partial charge < -0.3 is 71.1 Å². The van der Waals surface area contributed by atoms with E-state index in [1.54, 1.807) is 55.4 Å². The standard InChI is InChI=1S/C73H132N12O15S/c1-27-51-67(95)83(24)56(40-101-73(18,19)34-33-57(87)88)70(98)79(20)53(37-42(4)5)64(92)78-58(45(10)11)71(99)80(21)52(36-41(2)3)63(91)75-48(15)62(90)76-49(16)66(94)81(22)54(38-43(6)7)68(96)82(23)55(39-44(8)9)69(97)84(25)59(46(12)13)72(100)85(26)60(65(93)77-51)61(89)47(14)32-30-28-29-31-35-74-50(17)86/h41-49,51-56,58-61,89H,27-40H2,1-26H3,(H,74,86)(H,75,91)(H,76,90)(H,77,93)(H,78,92)(H,87,88)/t47-,48-,49+,51+,52-,53+,54+,55+,56-,58-,59+,60+,61-/m1/s1. The van der Waals surface area contributed by atoms with Gasteiger partial charge in [0.15, 0.2) is 0 Å². The molecule has 28 heteroatoms. The molecule has 0 aromatic carbocycles. The minimum absolute atomic E-state index is 0.0673. The molecule has 1 heterocycles. The van der Waals surface area contributed by atoms with Crippen LogP contribution < -0.4 is 26.6 Å². The van der Waals surface area contributed by atoms with E-state index in [1.807, 2.05) is 55.4 Å². The normalized spacial score (nSPS) is 25.3. The van der Waals surface area contributed by atoms with Crippen LogP contribution in [-0.4, -0.2) is 260 Å². The molecule has 13 atom stereocenters. The van der Waals surface area contributed by atoms with Gasteiger partial charge in [0.25, 0.3) is 0 Å². The number of aliphatic hydroxyl groups excluding tert-OH is 1. The van der Waals surface area contributed by atoms with E-state index in [2.05, 4.69) is 26.6 Å². The number of aliphatic hydroxyl groups is 1. The topological polar surface area (TPSA) is 345 Å². The average Bonchev–Trinajstić information content (AvgIpc) is 0.809. The van der Waals surface area contributed by atoms with Gasteiger partial charge in [0.2, 0.25) is 70.9 Å². The zero-order chi connectivity index (χ0) is 78.2. The maximum atomic E-state index is 15.6. The molecule has 1 saturated heterocycles. The summed E-state index contributed by atoms with van der Waals surface area (Å²) in [5, 5.41) is 36.2. The van der Waals surface area contributed by atoms with E-state index in [4.69, 9.17) is 0 Å². The molecule has 101 heavy (non-hydrogen) atoms. The number of nitrogens with one attached hydrogen (secondary N) is 5. The van der Waals surface area contributed by atoms with Crippen molar-refractivity contribution in [2.24, 2.45) is 41.4 Å². The molecule has 0 unspecified atom stereocenters. The predicted octanol–water partition coefficient (Wildman–Crippen LogP) is 5.13. The molecule has 0 bridgehead atoms. The van der Waals surface area contributed by atoms with Crippen LogP contribution in [0.5, 0.6) is 0 Å². The Balaban J connectivity index is 4.61. The number of carbonyl (C=O) groups is 13. The quantitative estimate of drug-likeness (QED) is 0.0552. The number of likely N-dealkylation sites (N-methyl/N-ethyl adjacent to an activating group) is 7. The lowest BCUT2D eigenvalue weighted by molar-refractivity contribution is -0.157. The Morgan fingerprint density at radius 2 is 0.901 bits per heavy atom. The fraction of sp³-hybridized carbons (Fsp3) is 0.822. The molecule has 27 nitrogen and oxygen atoms in total. The molecule has 1 fully saturated rings. The van der Waals surface area contributed by atoms with Crippen molar-refractivity contribution in [1.29, 1.82) is 0 Å². The first kappa shape index (κ1) is 92.4. The minimum Gasteiger partial charge on any atom is -0.481 e. The molecular formula is C73H132N12O15S. The first-order valence-corrected chi connectivity index (χ1v) is 37.4. The van der Waals surface area contributed by atoms with Crippen molar-refractivity contribution < 1.29 is 72.5 Å². The number of thioether (sulfide) groups is 1. The van der Waals surface area contributed by atoms with E-state index in [9.17, 15) is 39.0 Å². The third-order valence-corrected chi connectivity index (χ3v) is 20.6. The van der Waals surface area contributed by atoms with Gasteiger partial charge in [-0.25, -0.2) is 0 Å². The van der Waals surface area contributed by atoms with E-state index in [0.29, 0.717) is 32.2 Å². The van der Waals surface area contributed by atoms with Crippen LogP contribution in [0.2, 0.25) is 0 Å². The highest BCUT2D eigenvalue weighted by molar-refractivity contribution is 8.00. The second kappa shape index (κ2) is 42.9. The Morgan fingerprint density at radius 1 is 0.485 bits per heavy atom. The van der Waals surface area contributed by atoms with Gasteiger partial charge in [-0.15, -0.1) is 0 Å². The Hall–Kier alpha value is -6.58. The van der Waals surface area contributed by atoms with E-state index < -0.39 is 166 Å². The number of aliphatic carboxylic acids is 1. The second-order valence-electron chi connectivity index (χ2n) is 31.2. The minimum atomic E-state index is -1.70. The SMILES string of the molecule is CC[C@@H]1NC(=O)[C@H]([C@H](O)[C@H](C)CCCCCCNC(C)=O)N(C)C(=O)[C@H](C(C)C)N(C)C(=O)[C@H](CC(C)C)N(C)C(=O)[C@H](CC(C)C)N(C)C(=O)[C@H](C)NC(=O)[C@@H](C)NC(=O)[C@@H](CC(C)C)N(C)C(=O)[C@@H](C(C)C)NC(=O)[C@H](CC(C)C)N(C)C(=O)[C@@H](CSC(C)(C)CCC(=O)O)N(C)C1=O. The van der Waals surface area contributed by atoms with E-state index in [1.165, 1.54) is 111 Å². The number of unbranched alkanes of at least 4 members (excludes halogenated alkanes) is 3. The number of carboxylic acid groups (broad SMARTS) is 1. The summed E-state index contributed by atoms with van der Waals surface area (Å²) in [5.74, 6) is -11.9. The van der Waals surface area contributed by atoms with Crippen LogP contribution in [-0.2, 0) is 62.3 Å². The van der Waals surface area contributed by atoms with Crippen molar-refractivity contribution in [3.63, 3.8) is 0 Å². The molecule has 12 amide bonds. The fourth-order valence-electron chi connectivity index (χ4n) is 12.7. The van der Waals surface area contributed by atoms with Gasteiger partial charge in [0.1, 0.15) is 66.5 Å². The Morgan fingerprint density at radius 3 is 1.37 bits per heavy atom. The highest BCUT2D eigenvalue weighted by atomic mass is 32.2. The molecule has 7 N–H and O–H groups in total. The van der Waals surface area contributed by atoms with Crippen molar-refractivity contribution in [2.75, 3.05) is 61.6 Å². The summed E-state index contributed by atoms with van der Waals surface area (Å²) in [6, 6.07) is -14.5. The lowest BCUT2D eigenvalue weighted by Crippen LogP contribution is -2.64. The fourth-order valence-corrected chi connectivity index (χ4v) is 13.9. The Bertz CT molecular complexity index is 2780. The smallest absolute Gasteiger partial charge is 0.303 e. The molecule has 0 aromatic rings. The highest BCUT2D eigenvalue weighted by Gasteiger charge is 2.47. The van der Waals surface area contributed by atoms with Crippen LogP contribution in [0.4, 0.5) is 0 Å². The molecule has 0 saturated carbocycles. The largest absolute Gasteiger partial charge is 0.481 e. The monoisotopic (exact) mass is 1450 g/mol. The van der Waals surface area contributed by atoms with Gasteiger partial charge in [-0.05, 0) is 107 Å². The maximum absolute atomic E-state index is 15.6. The maximum Gasteiger partial charge on any atom is 0.303 e.